The van der Waals surface area contributed by atoms with E-state index in [9.17, 15) is 0 Å². The van der Waals surface area contributed by atoms with Crippen molar-refractivity contribution in [2.75, 3.05) is 5.32 Å². The second-order valence-corrected chi connectivity index (χ2v) is 6.64. The summed E-state index contributed by atoms with van der Waals surface area (Å²) >= 11 is 6.10. The van der Waals surface area contributed by atoms with Crippen LogP contribution in [0.4, 0.5) is 5.82 Å². The summed E-state index contributed by atoms with van der Waals surface area (Å²) in [5.41, 5.74) is 1.76. The Morgan fingerprint density at radius 1 is 1.24 bits per heavy atom. The Morgan fingerprint density at radius 3 is 2.43 bits per heavy atom. The van der Waals surface area contributed by atoms with Crippen molar-refractivity contribution in [3.8, 4) is 0 Å². The predicted molar refractivity (Wildman–Crippen MR) is 83.8 cm³/mol. The second kappa shape index (κ2) is 5.64. The number of aromatic nitrogens is 3. The van der Waals surface area contributed by atoms with Gasteiger partial charge in [0.05, 0.1) is 11.7 Å². The number of halogens is 1. The highest BCUT2D eigenvalue weighted by atomic mass is 35.5. The smallest absolute Gasteiger partial charge is 0.139 e. The van der Waals surface area contributed by atoms with Crippen molar-refractivity contribution >= 4 is 17.4 Å². The fourth-order valence-electron chi connectivity index (χ4n) is 2.23. The highest BCUT2D eigenvalue weighted by Crippen LogP contribution is 2.27. The Bertz CT molecular complexity index is 626. The Hall–Kier alpha value is -1.62. The summed E-state index contributed by atoms with van der Waals surface area (Å²) in [6, 6.07) is 1.75. The van der Waals surface area contributed by atoms with Crippen LogP contribution in [0.3, 0.4) is 0 Å². The van der Waals surface area contributed by atoms with Crippen LogP contribution in [-0.2, 0) is 5.41 Å². The van der Waals surface area contributed by atoms with E-state index in [2.05, 4.69) is 41.2 Å². The monoisotopic (exact) mass is 308 g/mol. The molecule has 0 aliphatic rings. The van der Waals surface area contributed by atoms with Crippen molar-refractivity contribution in [3.63, 3.8) is 0 Å². The minimum atomic E-state index is -0.159. The van der Waals surface area contributed by atoms with Crippen LogP contribution in [0, 0.1) is 13.8 Å². The highest BCUT2D eigenvalue weighted by Gasteiger charge is 2.21. The van der Waals surface area contributed by atoms with Gasteiger partial charge in [0.25, 0.3) is 0 Å². The molecule has 0 radical (unpaired) electrons. The maximum absolute atomic E-state index is 6.10. The van der Waals surface area contributed by atoms with Gasteiger partial charge in [0.2, 0.25) is 0 Å². The zero-order valence-electron chi connectivity index (χ0n) is 13.3. The van der Waals surface area contributed by atoms with Gasteiger partial charge in [-0.1, -0.05) is 37.5 Å². The molecular formula is C15H21ClN4O. The largest absolute Gasteiger partial charge is 0.363 e. The van der Waals surface area contributed by atoms with Gasteiger partial charge in [0.1, 0.15) is 22.6 Å². The Kier molecular flexibility index (Phi) is 4.23. The molecule has 2 aromatic rings. The van der Waals surface area contributed by atoms with E-state index in [1.807, 2.05) is 20.8 Å². The van der Waals surface area contributed by atoms with Crippen LogP contribution in [0.2, 0.25) is 5.15 Å². The average molecular weight is 309 g/mol. The molecular weight excluding hydrogens is 288 g/mol. The van der Waals surface area contributed by atoms with Gasteiger partial charge in [-0.3, -0.25) is 0 Å². The van der Waals surface area contributed by atoms with Gasteiger partial charge in [-0.25, -0.2) is 9.97 Å². The number of rotatable bonds is 3. The summed E-state index contributed by atoms with van der Waals surface area (Å²) in [4.78, 5) is 8.85. The van der Waals surface area contributed by atoms with Gasteiger partial charge in [-0.2, -0.15) is 0 Å². The molecule has 21 heavy (non-hydrogen) atoms. The van der Waals surface area contributed by atoms with E-state index in [0.717, 1.165) is 17.0 Å². The topological polar surface area (TPSA) is 63.8 Å². The minimum Gasteiger partial charge on any atom is -0.363 e. The van der Waals surface area contributed by atoms with Crippen LogP contribution in [0.25, 0.3) is 0 Å². The molecule has 0 aliphatic heterocycles. The number of hydrogen-bond acceptors (Lipinski definition) is 5. The van der Waals surface area contributed by atoms with Gasteiger partial charge in [-0.15, -0.1) is 0 Å². The fourth-order valence-corrected chi connectivity index (χ4v) is 2.41. The number of hydrogen-bond donors (Lipinski definition) is 1. The molecule has 6 heteroatoms. The van der Waals surface area contributed by atoms with Gasteiger partial charge in [-0.05, 0) is 20.8 Å². The summed E-state index contributed by atoms with van der Waals surface area (Å²) in [6.07, 6.45) is 0. The second-order valence-electron chi connectivity index (χ2n) is 6.25. The fraction of sp³-hybridized carbons (Fsp3) is 0.533. The lowest BCUT2D eigenvalue weighted by molar-refractivity contribution is 0.392. The number of aryl methyl sites for hydroxylation is 2. The van der Waals surface area contributed by atoms with Crippen LogP contribution in [-0.4, -0.2) is 15.1 Å². The van der Waals surface area contributed by atoms with Crippen LogP contribution in [0.5, 0.6) is 0 Å². The first-order chi connectivity index (χ1) is 9.68. The lowest BCUT2D eigenvalue weighted by Crippen LogP contribution is -2.18. The first-order valence-electron chi connectivity index (χ1n) is 6.93. The SMILES string of the molecule is Cc1noc(C)c1C(C)Nc1cc(Cl)nc(C(C)(C)C)n1. The molecule has 0 fully saturated rings. The molecule has 0 bridgehead atoms. The van der Waals surface area contributed by atoms with E-state index in [1.54, 1.807) is 6.07 Å². The van der Waals surface area contributed by atoms with Gasteiger partial charge in [0, 0.05) is 17.0 Å². The van der Waals surface area contributed by atoms with E-state index < -0.39 is 0 Å². The van der Waals surface area contributed by atoms with E-state index in [-0.39, 0.29) is 11.5 Å². The lowest BCUT2D eigenvalue weighted by atomic mass is 9.96. The van der Waals surface area contributed by atoms with E-state index in [4.69, 9.17) is 16.1 Å². The van der Waals surface area contributed by atoms with Crippen molar-refractivity contribution < 1.29 is 4.52 Å². The molecule has 1 N–H and O–H groups in total. The zero-order chi connectivity index (χ0) is 15.8. The number of nitrogens with one attached hydrogen (secondary N) is 1. The zero-order valence-corrected chi connectivity index (χ0v) is 14.0. The van der Waals surface area contributed by atoms with Crippen molar-refractivity contribution in [2.45, 2.75) is 53.0 Å². The van der Waals surface area contributed by atoms with Crippen LogP contribution in [0.15, 0.2) is 10.6 Å². The van der Waals surface area contributed by atoms with E-state index in [1.165, 1.54) is 0 Å². The molecule has 0 saturated heterocycles. The molecule has 2 heterocycles. The molecule has 0 aliphatic carbocycles. The molecule has 1 unspecified atom stereocenters. The summed E-state index contributed by atoms with van der Waals surface area (Å²) in [5.74, 6) is 2.22. The van der Waals surface area contributed by atoms with Crippen molar-refractivity contribution in [1.82, 2.24) is 15.1 Å². The van der Waals surface area contributed by atoms with Gasteiger partial charge in [0.15, 0.2) is 0 Å². The molecule has 114 valence electrons. The summed E-state index contributed by atoms with van der Waals surface area (Å²) in [5, 5.41) is 7.76. The third-order valence-corrected chi connectivity index (χ3v) is 3.45. The van der Waals surface area contributed by atoms with Crippen molar-refractivity contribution in [3.05, 3.63) is 34.1 Å². The predicted octanol–water partition coefficient (Wildman–Crippen LogP) is 4.21. The molecule has 5 nitrogen and oxygen atoms in total. The molecule has 0 saturated carbocycles. The highest BCUT2D eigenvalue weighted by molar-refractivity contribution is 6.29. The van der Waals surface area contributed by atoms with Gasteiger partial charge < -0.3 is 9.84 Å². The molecule has 0 amide bonds. The maximum atomic E-state index is 6.10. The Morgan fingerprint density at radius 2 is 1.90 bits per heavy atom. The van der Waals surface area contributed by atoms with Crippen LogP contribution < -0.4 is 5.32 Å². The first-order valence-corrected chi connectivity index (χ1v) is 7.30. The van der Waals surface area contributed by atoms with Crippen LogP contribution in [0.1, 0.15) is 56.6 Å². The number of nitrogens with zero attached hydrogens (tertiary/aromatic N) is 3. The quantitative estimate of drug-likeness (QED) is 0.861. The van der Waals surface area contributed by atoms with Crippen molar-refractivity contribution in [2.24, 2.45) is 0 Å². The molecule has 2 rings (SSSR count). The van der Waals surface area contributed by atoms with E-state index >= 15 is 0 Å². The molecule has 0 spiro atoms. The first kappa shape index (κ1) is 15.8. The Balaban J connectivity index is 2.30. The third kappa shape index (κ3) is 3.53. The standard InChI is InChI=1S/C15H21ClN4O/c1-8(13-9(2)20-21-10(13)3)17-12-7-11(16)18-14(19-12)15(4,5)6/h7-8H,1-6H3,(H,17,18,19). The molecule has 1 atom stereocenters. The third-order valence-electron chi connectivity index (χ3n) is 3.25. The lowest BCUT2D eigenvalue weighted by Gasteiger charge is -2.19. The van der Waals surface area contributed by atoms with Crippen molar-refractivity contribution in [1.29, 1.82) is 0 Å². The average Bonchev–Trinajstić information content (AvgIpc) is 2.67. The minimum absolute atomic E-state index is 0.0232. The number of anilines is 1. The summed E-state index contributed by atoms with van der Waals surface area (Å²) in [6.45, 7) is 12.0. The summed E-state index contributed by atoms with van der Waals surface area (Å²) in [7, 11) is 0. The normalized spacial score (nSPS) is 13.3. The van der Waals surface area contributed by atoms with Crippen LogP contribution >= 0.6 is 11.6 Å². The van der Waals surface area contributed by atoms with Gasteiger partial charge >= 0.3 is 0 Å². The molecule has 0 aromatic carbocycles. The summed E-state index contributed by atoms with van der Waals surface area (Å²) < 4.78 is 5.21. The maximum Gasteiger partial charge on any atom is 0.139 e. The van der Waals surface area contributed by atoms with E-state index in [0.29, 0.717) is 16.8 Å². The Labute approximate surface area is 130 Å². The molecule has 2 aromatic heterocycles.